The van der Waals surface area contributed by atoms with E-state index in [4.69, 9.17) is 0 Å². The Balaban J connectivity index is 0.000000125. The summed E-state index contributed by atoms with van der Waals surface area (Å²) in [6.07, 6.45) is 0. The Bertz CT molecular complexity index is 3000. The molecule has 6 aliphatic heterocycles. The summed E-state index contributed by atoms with van der Waals surface area (Å²) in [5.74, 6) is 0.348. The summed E-state index contributed by atoms with van der Waals surface area (Å²) in [5.41, 5.74) is 7.09. The first-order chi connectivity index (χ1) is 32.8. The fourth-order valence-electron chi connectivity index (χ4n) is 9.78. The summed E-state index contributed by atoms with van der Waals surface area (Å²) in [4.78, 5) is 39.2. The van der Waals surface area contributed by atoms with Crippen LogP contribution in [0.1, 0.15) is 128 Å². The van der Waals surface area contributed by atoms with Crippen LogP contribution in [-0.2, 0) is 63.8 Å². The summed E-state index contributed by atoms with van der Waals surface area (Å²) in [7, 11) is 7.46. The van der Waals surface area contributed by atoms with Crippen LogP contribution in [0.3, 0.4) is 0 Å². The second-order valence-electron chi connectivity index (χ2n) is 21.8. The van der Waals surface area contributed by atoms with Gasteiger partial charge >= 0.3 is 0 Å². The van der Waals surface area contributed by atoms with E-state index in [0.29, 0.717) is 5.41 Å². The monoisotopic (exact) mass is 1110 g/mol. The van der Waals surface area contributed by atoms with Crippen LogP contribution in [-0.4, -0.2) is 83.1 Å². The van der Waals surface area contributed by atoms with Gasteiger partial charge in [-0.25, -0.2) is 12.6 Å². The third-order valence-electron chi connectivity index (χ3n) is 14.7. The third kappa shape index (κ3) is 9.33. The highest BCUT2D eigenvalue weighted by Crippen LogP contribution is 2.50. The number of hydrogen-bond acceptors (Lipinski definition) is 13. The topological polar surface area (TPSA) is 105 Å². The molecule has 6 aromatic heterocycles. The van der Waals surface area contributed by atoms with Gasteiger partial charge in [-0.1, -0.05) is 13.8 Å². The van der Waals surface area contributed by atoms with Crippen LogP contribution in [0.25, 0.3) is 0 Å². The minimum Gasteiger partial charge on any atom is -0.373 e. The number of hydrogen-bond donors (Lipinski definition) is 0. The van der Waals surface area contributed by atoms with E-state index in [1.165, 1.54) is 41.5 Å². The van der Waals surface area contributed by atoms with Crippen LogP contribution in [0.5, 0.6) is 0 Å². The Morgan fingerprint density at radius 1 is 0.549 bits per heavy atom. The molecule has 1 atom stereocenters. The first-order valence-electron chi connectivity index (χ1n) is 23.4. The summed E-state index contributed by atoms with van der Waals surface area (Å²) < 4.78 is 37.8. The second-order valence-corrected chi connectivity index (χ2v) is 31.9. The molecule has 0 bridgehead atoms. The van der Waals surface area contributed by atoms with Gasteiger partial charge in [0.2, 0.25) is 15.9 Å². The summed E-state index contributed by atoms with van der Waals surface area (Å²) in [5, 5.41) is 12.4. The lowest BCUT2D eigenvalue weighted by Gasteiger charge is -2.27. The Labute approximate surface area is 449 Å². The van der Waals surface area contributed by atoms with Crippen LogP contribution < -0.4 is 18.4 Å². The highest BCUT2D eigenvalue weighted by Gasteiger charge is 2.49. The molecule has 6 aliphatic rings. The normalized spacial score (nSPS) is 21.9. The Hall–Kier alpha value is -3.40. The average molecular weight is 1120 g/mol. The van der Waals surface area contributed by atoms with Crippen molar-refractivity contribution in [3.05, 3.63) is 109 Å². The van der Waals surface area contributed by atoms with Crippen molar-refractivity contribution in [2.45, 2.75) is 121 Å². The Kier molecular flexibility index (Phi) is 15.1. The fraction of sp³-hybridized carbons (Fsp3) is 0.500. The van der Waals surface area contributed by atoms with Gasteiger partial charge in [-0.15, -0.1) is 68.0 Å². The zero-order valence-corrected chi connectivity index (χ0v) is 50.9. The summed E-state index contributed by atoms with van der Waals surface area (Å²) in [6, 6.07) is 12.3. The molecule has 1 unspecified atom stereocenters. The van der Waals surface area contributed by atoms with Crippen LogP contribution in [0.2, 0.25) is 0 Å². The highest BCUT2D eigenvalue weighted by atomic mass is 32.2. The van der Waals surface area contributed by atoms with Gasteiger partial charge in [-0.05, 0) is 151 Å². The molecular weight excluding hydrogens is 1050 g/mol. The molecule has 0 saturated carbocycles. The largest absolute Gasteiger partial charge is 0.373 e. The maximum atomic E-state index is 11.9. The van der Waals surface area contributed by atoms with Gasteiger partial charge in [0.1, 0.15) is 15.7 Å². The number of fused-ring (bicyclic) bond motifs is 6. The number of thiophene rings is 6. The van der Waals surface area contributed by atoms with Crippen molar-refractivity contribution < 1.29 is 22.2 Å². The molecule has 0 spiro atoms. The van der Waals surface area contributed by atoms with Crippen molar-refractivity contribution in [1.29, 1.82) is 0 Å². The lowest BCUT2D eigenvalue weighted by atomic mass is 9.93. The predicted molar refractivity (Wildman–Crippen MR) is 308 cm³/mol. The van der Waals surface area contributed by atoms with Crippen LogP contribution in [0.15, 0.2) is 68.7 Å². The molecule has 0 saturated heterocycles. The van der Waals surface area contributed by atoms with E-state index in [0.717, 1.165) is 40.6 Å². The first-order valence-corrected chi connectivity index (χ1v) is 31.2. The maximum absolute atomic E-state index is 11.9. The minimum absolute atomic E-state index is 0.111. The third-order valence-corrected chi connectivity index (χ3v) is 26.6. The van der Waals surface area contributed by atoms with Crippen molar-refractivity contribution in [3.63, 3.8) is 0 Å². The van der Waals surface area contributed by atoms with E-state index < -0.39 is 25.8 Å². The molecule has 0 fully saturated rings. The smallest absolute Gasteiger partial charge is 0.255 e. The van der Waals surface area contributed by atoms with Gasteiger partial charge < -0.3 is 14.7 Å². The highest BCUT2D eigenvalue weighted by molar-refractivity contribution is 7.94. The van der Waals surface area contributed by atoms with Gasteiger partial charge in [-0.3, -0.25) is 23.1 Å². The first kappa shape index (κ1) is 55.4. The molecular formula is C52H70N6O5S8. The number of carbonyl (C=O) groups excluding carboxylic acids is 2. The van der Waals surface area contributed by atoms with Crippen LogP contribution >= 0.6 is 68.0 Å². The SMILES string of the molecule is CN1C(=O)C(C)(C)c2sccc21.CN1C(=O)c2ccsc2C1(C)C.CN1CC(C)(C)c2sccc21.CN1Cc2ccsc2C1(C)C.CN1c2ccsc2C(C)(C)S1(=O)=O.CN1c2ccsc2C(C)(C)S1=O. The lowest BCUT2D eigenvalue weighted by Crippen LogP contribution is -2.35. The van der Waals surface area contributed by atoms with Crippen LogP contribution in [0.4, 0.5) is 22.7 Å². The van der Waals surface area contributed by atoms with Gasteiger partial charge in [-0.2, -0.15) is 0 Å². The second kappa shape index (κ2) is 19.4. The van der Waals surface area contributed by atoms with E-state index in [2.05, 4.69) is 93.7 Å². The van der Waals surface area contributed by atoms with Gasteiger partial charge in [0.15, 0.2) is 0 Å². The molecule has 0 radical (unpaired) electrons. The van der Waals surface area contributed by atoms with E-state index in [9.17, 15) is 22.2 Å². The fourth-order valence-corrected chi connectivity index (χ4v) is 19.6. The molecule has 386 valence electrons. The van der Waals surface area contributed by atoms with Gasteiger partial charge in [0, 0.05) is 78.1 Å². The van der Waals surface area contributed by atoms with Crippen molar-refractivity contribution in [3.8, 4) is 0 Å². The molecule has 0 N–H and O–H groups in total. The molecule has 6 aromatic rings. The molecule has 2 amide bonds. The molecule has 12 rings (SSSR count). The van der Waals surface area contributed by atoms with Gasteiger partial charge in [0.05, 0.1) is 54.4 Å². The Morgan fingerprint density at radius 3 is 1.59 bits per heavy atom. The van der Waals surface area contributed by atoms with Gasteiger partial charge in [0.25, 0.3) is 5.91 Å². The number of nitrogens with zero attached hydrogens (tertiary/aromatic N) is 6. The van der Waals surface area contributed by atoms with Crippen molar-refractivity contribution >= 4 is 124 Å². The molecule has 12 heterocycles. The number of amides is 2. The van der Waals surface area contributed by atoms with Crippen molar-refractivity contribution in [2.75, 3.05) is 67.2 Å². The Morgan fingerprint density at radius 2 is 1.04 bits per heavy atom. The maximum Gasteiger partial charge on any atom is 0.255 e. The average Bonchev–Trinajstić information content (AvgIpc) is 4.16. The number of likely N-dealkylation sites (N-methyl/N-ethyl adjacent to an activating group) is 2. The number of anilines is 4. The van der Waals surface area contributed by atoms with Crippen molar-refractivity contribution in [1.82, 2.24) is 9.80 Å². The number of sulfonamides is 1. The molecule has 71 heavy (non-hydrogen) atoms. The minimum atomic E-state index is -3.18. The zero-order valence-electron chi connectivity index (χ0n) is 44.3. The lowest BCUT2D eigenvalue weighted by molar-refractivity contribution is -0.121. The van der Waals surface area contributed by atoms with E-state index >= 15 is 0 Å². The van der Waals surface area contributed by atoms with Crippen LogP contribution in [0, 0.1) is 0 Å². The van der Waals surface area contributed by atoms with Crippen molar-refractivity contribution in [2.24, 2.45) is 0 Å². The molecule has 19 heteroatoms. The van der Waals surface area contributed by atoms with E-state index in [-0.39, 0.29) is 33.1 Å². The zero-order chi connectivity index (χ0) is 52.8. The standard InChI is InChI=1S/2C9H11NOS.2C9H13NS.C8H11NO2S2.C8H11NOS2/c1-9(2)7-6(4-5-12-7)10(3)8(9)11;1-9(2)7-6(4-5-12-7)8(11)10(9)3;1-9(2)6-10(3)7-4-5-11-8(7)9;1-9(2)8-7(4-5-11-8)6-10(9)3;1-8(2)7-6(4-5-12-7)9(3)13(8,10)11;1-8(2)7-6(4-5-11-7)9(3)12(8)10/h2*4-5H,1-3H3;2*4-5H,6H2,1-3H3;4-5H,1-3H3;4-5H,1-3H3. The summed E-state index contributed by atoms with van der Waals surface area (Å²) >= 11 is 10.3. The molecule has 11 nitrogen and oxygen atoms in total. The number of rotatable bonds is 0. The quantitative estimate of drug-likeness (QED) is 0.149. The van der Waals surface area contributed by atoms with E-state index in [1.54, 1.807) is 74.5 Å². The predicted octanol–water partition coefficient (Wildman–Crippen LogP) is 12.8. The summed E-state index contributed by atoms with van der Waals surface area (Å²) in [6.45, 7) is 27.2. The molecule has 0 aliphatic carbocycles. The number of carbonyl (C=O) groups is 2. The van der Waals surface area contributed by atoms with E-state index in [1.807, 2.05) is 116 Å². The molecule has 0 aromatic carbocycles.